The predicted molar refractivity (Wildman–Crippen MR) is 134 cm³/mol. The van der Waals surface area contributed by atoms with Gasteiger partial charge in [0.1, 0.15) is 0 Å². The lowest BCUT2D eigenvalue weighted by atomic mass is 10.1. The highest BCUT2D eigenvalue weighted by molar-refractivity contribution is 7.99. The molecule has 7 nitrogen and oxygen atoms in total. The van der Waals surface area contributed by atoms with Crippen LogP contribution in [0.25, 0.3) is 17.1 Å². The number of hydrogen-bond donors (Lipinski definition) is 2. The largest absolute Gasteiger partial charge is 0.272 e. The summed E-state index contributed by atoms with van der Waals surface area (Å²) in [6.45, 7) is 6.07. The van der Waals surface area contributed by atoms with E-state index in [1.165, 1.54) is 17.3 Å². The number of hydrazine groups is 1. The molecule has 0 aliphatic heterocycles. The van der Waals surface area contributed by atoms with Gasteiger partial charge in [-0.05, 0) is 56.2 Å². The number of nitrogens with one attached hydrogen (secondary N) is 2. The molecule has 0 spiro atoms. The van der Waals surface area contributed by atoms with Gasteiger partial charge in [-0.1, -0.05) is 65.9 Å². The number of rotatable bonds is 6. The third-order valence-electron chi connectivity index (χ3n) is 5.38. The Morgan fingerprint density at radius 3 is 2.29 bits per heavy atom. The molecule has 3 aromatic carbocycles. The number of hydrogen-bond acceptors (Lipinski definition) is 5. The molecule has 34 heavy (non-hydrogen) atoms. The van der Waals surface area contributed by atoms with Gasteiger partial charge in [-0.25, -0.2) is 0 Å². The maximum absolute atomic E-state index is 12.4. The Morgan fingerprint density at radius 1 is 0.853 bits per heavy atom. The number of carbonyl (C=O) groups excluding carboxylic acids is 2. The Hall–Kier alpha value is -3.91. The Labute approximate surface area is 202 Å². The number of carbonyl (C=O) groups is 2. The molecule has 4 rings (SSSR count). The minimum absolute atomic E-state index is 0.0615. The summed E-state index contributed by atoms with van der Waals surface area (Å²) in [7, 11) is 0. The number of aryl methyl sites for hydroxylation is 3. The molecule has 1 heterocycles. The highest BCUT2D eigenvalue weighted by Gasteiger charge is 2.18. The monoisotopic (exact) mass is 471 g/mol. The van der Waals surface area contributed by atoms with E-state index in [-0.39, 0.29) is 17.6 Å². The first-order valence-corrected chi connectivity index (χ1v) is 11.8. The van der Waals surface area contributed by atoms with E-state index in [9.17, 15) is 9.59 Å². The summed E-state index contributed by atoms with van der Waals surface area (Å²) in [5, 5.41) is 9.34. The Bertz CT molecular complexity index is 1320. The van der Waals surface area contributed by atoms with Crippen LogP contribution < -0.4 is 10.9 Å². The first-order chi connectivity index (χ1) is 16.4. The molecule has 2 N–H and O–H groups in total. The van der Waals surface area contributed by atoms with Crippen LogP contribution in [0.15, 0.2) is 78.0 Å². The number of aromatic nitrogens is 3. The van der Waals surface area contributed by atoms with Crippen molar-refractivity contribution in [2.24, 2.45) is 0 Å². The van der Waals surface area contributed by atoms with E-state index in [1.54, 1.807) is 12.1 Å². The summed E-state index contributed by atoms with van der Waals surface area (Å²) in [5.41, 5.74) is 10.6. The normalized spacial score (nSPS) is 10.7. The molecule has 1 aromatic heterocycles. The third kappa shape index (κ3) is 5.35. The Morgan fingerprint density at radius 2 is 1.59 bits per heavy atom. The zero-order valence-corrected chi connectivity index (χ0v) is 20.0. The van der Waals surface area contributed by atoms with Gasteiger partial charge in [0.15, 0.2) is 11.0 Å². The molecular formula is C26H25N5O2S. The second-order valence-corrected chi connectivity index (χ2v) is 8.88. The van der Waals surface area contributed by atoms with Crippen LogP contribution >= 0.6 is 11.8 Å². The van der Waals surface area contributed by atoms with Crippen molar-refractivity contribution in [1.29, 1.82) is 0 Å². The Kier molecular flexibility index (Phi) is 7.08. The van der Waals surface area contributed by atoms with E-state index in [0.29, 0.717) is 16.5 Å². The second kappa shape index (κ2) is 10.4. The van der Waals surface area contributed by atoms with Crippen molar-refractivity contribution in [3.63, 3.8) is 0 Å². The van der Waals surface area contributed by atoms with Gasteiger partial charge in [0.25, 0.3) is 5.91 Å². The lowest BCUT2D eigenvalue weighted by molar-refractivity contribution is -0.119. The molecule has 0 atom stereocenters. The fourth-order valence-electron chi connectivity index (χ4n) is 3.30. The van der Waals surface area contributed by atoms with Gasteiger partial charge in [-0.15, -0.1) is 10.2 Å². The molecule has 0 aliphatic rings. The molecule has 0 saturated carbocycles. The molecular weight excluding hydrogens is 446 g/mol. The van der Waals surface area contributed by atoms with E-state index < -0.39 is 0 Å². The maximum Gasteiger partial charge on any atom is 0.269 e. The summed E-state index contributed by atoms with van der Waals surface area (Å²) in [5.74, 6) is 0.0372. The molecule has 0 bridgehead atoms. The molecule has 0 aliphatic carbocycles. The van der Waals surface area contributed by atoms with Crippen molar-refractivity contribution in [1.82, 2.24) is 25.6 Å². The van der Waals surface area contributed by atoms with Crippen molar-refractivity contribution < 1.29 is 9.59 Å². The van der Waals surface area contributed by atoms with Gasteiger partial charge in [0.2, 0.25) is 5.91 Å². The molecule has 0 radical (unpaired) electrons. The highest BCUT2D eigenvalue weighted by Crippen LogP contribution is 2.28. The topological polar surface area (TPSA) is 88.9 Å². The number of amides is 2. The van der Waals surface area contributed by atoms with Gasteiger partial charge in [-0.3, -0.25) is 25.0 Å². The van der Waals surface area contributed by atoms with Gasteiger partial charge >= 0.3 is 0 Å². The minimum atomic E-state index is -0.372. The lowest BCUT2D eigenvalue weighted by Gasteiger charge is -2.12. The third-order valence-corrected chi connectivity index (χ3v) is 6.30. The molecule has 8 heteroatoms. The molecule has 0 saturated heterocycles. The van der Waals surface area contributed by atoms with E-state index >= 15 is 0 Å². The van der Waals surface area contributed by atoms with Crippen LogP contribution in [0.2, 0.25) is 0 Å². The SMILES string of the molecule is Cc1ccc(C(=O)NNC(=O)CSc2nnc(-c3ccccc3)n2-c2ccc(C)c(C)c2)cc1. The molecule has 2 amide bonds. The van der Waals surface area contributed by atoms with Gasteiger partial charge in [0.05, 0.1) is 11.4 Å². The molecule has 172 valence electrons. The average molecular weight is 472 g/mol. The van der Waals surface area contributed by atoms with E-state index in [4.69, 9.17) is 0 Å². The smallest absolute Gasteiger partial charge is 0.269 e. The van der Waals surface area contributed by atoms with Crippen LogP contribution in [0.4, 0.5) is 0 Å². The first-order valence-electron chi connectivity index (χ1n) is 10.8. The van der Waals surface area contributed by atoms with Crippen LogP contribution in [0.3, 0.4) is 0 Å². The van der Waals surface area contributed by atoms with Crippen molar-refractivity contribution in [3.8, 4) is 17.1 Å². The standard InChI is InChI=1S/C26H25N5O2S/c1-17-9-12-21(13-10-17)25(33)29-27-23(32)16-34-26-30-28-24(20-7-5-4-6-8-20)31(26)22-14-11-18(2)19(3)15-22/h4-15H,16H2,1-3H3,(H,27,32)(H,29,33). The van der Waals surface area contributed by atoms with Crippen LogP contribution in [-0.4, -0.2) is 32.3 Å². The quantitative estimate of drug-likeness (QED) is 0.321. The summed E-state index contributed by atoms with van der Waals surface area (Å²) in [6.07, 6.45) is 0. The second-order valence-electron chi connectivity index (χ2n) is 7.93. The van der Waals surface area contributed by atoms with Gasteiger partial charge in [-0.2, -0.15) is 0 Å². The van der Waals surface area contributed by atoms with E-state index in [0.717, 1.165) is 22.4 Å². The van der Waals surface area contributed by atoms with Crippen molar-refractivity contribution in [2.45, 2.75) is 25.9 Å². The zero-order valence-electron chi connectivity index (χ0n) is 19.2. The first kappa shape index (κ1) is 23.3. The minimum Gasteiger partial charge on any atom is -0.272 e. The van der Waals surface area contributed by atoms with Gasteiger partial charge < -0.3 is 0 Å². The molecule has 0 unspecified atom stereocenters. The fraction of sp³-hybridized carbons (Fsp3) is 0.154. The van der Waals surface area contributed by atoms with Gasteiger partial charge in [0, 0.05) is 11.1 Å². The van der Waals surface area contributed by atoms with E-state index in [2.05, 4.69) is 47.0 Å². The number of thioether (sulfide) groups is 1. The number of nitrogens with zero attached hydrogens (tertiary/aromatic N) is 3. The summed E-state index contributed by atoms with van der Waals surface area (Å²) in [4.78, 5) is 24.7. The van der Waals surface area contributed by atoms with E-state index in [1.807, 2.05) is 60.0 Å². The zero-order chi connectivity index (χ0) is 24.1. The molecule has 4 aromatic rings. The van der Waals surface area contributed by atoms with Crippen molar-refractivity contribution in [3.05, 3.63) is 95.1 Å². The summed E-state index contributed by atoms with van der Waals surface area (Å²) in [6, 6.07) is 23.1. The highest BCUT2D eigenvalue weighted by atomic mass is 32.2. The van der Waals surface area contributed by atoms with Crippen LogP contribution in [0, 0.1) is 20.8 Å². The van der Waals surface area contributed by atoms with Crippen molar-refractivity contribution in [2.75, 3.05) is 5.75 Å². The maximum atomic E-state index is 12.4. The number of benzene rings is 3. The lowest BCUT2D eigenvalue weighted by Crippen LogP contribution is -2.42. The Balaban J connectivity index is 1.49. The summed E-state index contributed by atoms with van der Waals surface area (Å²) >= 11 is 1.25. The summed E-state index contributed by atoms with van der Waals surface area (Å²) < 4.78 is 1.95. The predicted octanol–water partition coefficient (Wildman–Crippen LogP) is 4.41. The van der Waals surface area contributed by atoms with Crippen LogP contribution in [0.5, 0.6) is 0 Å². The molecule has 0 fully saturated rings. The fourth-order valence-corrected chi connectivity index (χ4v) is 4.06. The average Bonchev–Trinajstić information content (AvgIpc) is 3.28. The van der Waals surface area contributed by atoms with Crippen LogP contribution in [-0.2, 0) is 4.79 Å². The van der Waals surface area contributed by atoms with Crippen LogP contribution in [0.1, 0.15) is 27.0 Å². The van der Waals surface area contributed by atoms with Crippen molar-refractivity contribution >= 4 is 23.6 Å².